The van der Waals surface area contributed by atoms with E-state index in [0.29, 0.717) is 0 Å². The third-order valence-electron chi connectivity index (χ3n) is 13.0. The van der Waals surface area contributed by atoms with Gasteiger partial charge in [-0.15, -0.1) is 11.3 Å². The van der Waals surface area contributed by atoms with Crippen molar-refractivity contribution in [2.75, 3.05) is 4.90 Å². The van der Waals surface area contributed by atoms with Gasteiger partial charge in [-0.1, -0.05) is 171 Å². The summed E-state index contributed by atoms with van der Waals surface area (Å²) in [6.45, 7) is 10.7. The van der Waals surface area contributed by atoms with Gasteiger partial charge in [0, 0.05) is 42.7 Å². The summed E-state index contributed by atoms with van der Waals surface area (Å²) in [4.78, 5) is 4.97. The average molecular weight is 853 g/mol. The van der Waals surface area contributed by atoms with E-state index in [4.69, 9.17) is 0 Å². The number of aromatic nitrogens is 1. The highest BCUT2D eigenvalue weighted by molar-refractivity contribution is 7.14. The van der Waals surface area contributed by atoms with Crippen molar-refractivity contribution in [3.05, 3.63) is 233 Å². The van der Waals surface area contributed by atoms with Crippen LogP contribution in [0.4, 0.5) is 17.1 Å². The monoisotopic (exact) mass is 852 g/mol. The van der Waals surface area contributed by atoms with Crippen molar-refractivity contribution in [3.8, 4) is 16.8 Å². The molecule has 0 radical (unpaired) electrons. The number of benzene rings is 9. The molecule has 0 amide bonds. The zero-order valence-electron chi connectivity index (χ0n) is 36.9. The lowest BCUT2D eigenvalue weighted by atomic mass is 9.96. The molecule has 0 bridgehead atoms. The zero-order valence-corrected chi connectivity index (χ0v) is 37.7. The number of thiophene rings is 1. The molecule has 65 heavy (non-hydrogen) atoms. The fraction of sp³-hybridized carbons (Fsp3) is 0.0645. The summed E-state index contributed by atoms with van der Waals surface area (Å²) in [6, 6.07) is 69.2. The van der Waals surface area contributed by atoms with Gasteiger partial charge in [0.15, 0.2) is 0 Å². The Morgan fingerprint density at radius 2 is 1.18 bits per heavy atom. The van der Waals surface area contributed by atoms with Crippen molar-refractivity contribution < 1.29 is 0 Å². The molecule has 0 saturated heterocycles. The van der Waals surface area contributed by atoms with Gasteiger partial charge in [0.1, 0.15) is 0 Å². The first-order valence-corrected chi connectivity index (χ1v) is 23.4. The van der Waals surface area contributed by atoms with E-state index in [1.165, 1.54) is 103 Å². The molecular formula is C62H48N2S. The first-order valence-electron chi connectivity index (χ1n) is 22.6. The molecule has 0 unspecified atom stereocenters. The van der Waals surface area contributed by atoms with Crippen LogP contribution in [0.3, 0.4) is 0 Å². The van der Waals surface area contributed by atoms with E-state index >= 15 is 0 Å². The van der Waals surface area contributed by atoms with Crippen molar-refractivity contribution in [2.45, 2.75) is 27.2 Å². The van der Waals surface area contributed by atoms with Gasteiger partial charge in [0.05, 0.1) is 22.4 Å². The summed E-state index contributed by atoms with van der Waals surface area (Å²) in [7, 11) is 0. The average Bonchev–Trinajstić information content (AvgIpc) is 3.89. The minimum Gasteiger partial charge on any atom is -0.310 e. The topological polar surface area (TPSA) is 8.17 Å². The number of hydrogen-bond donors (Lipinski definition) is 0. The Kier molecular flexibility index (Phi) is 10.3. The molecule has 0 aliphatic carbocycles. The summed E-state index contributed by atoms with van der Waals surface area (Å²) in [6.07, 6.45) is 9.58. The van der Waals surface area contributed by atoms with Gasteiger partial charge in [-0.2, -0.15) is 0 Å². The van der Waals surface area contributed by atoms with Gasteiger partial charge < -0.3 is 9.47 Å². The second-order valence-corrected chi connectivity index (χ2v) is 17.7. The van der Waals surface area contributed by atoms with Crippen molar-refractivity contribution in [3.63, 3.8) is 0 Å². The Morgan fingerprint density at radius 3 is 1.91 bits per heavy atom. The summed E-state index contributed by atoms with van der Waals surface area (Å²) in [5.41, 5.74) is 14.4. The van der Waals surface area contributed by atoms with Crippen LogP contribution in [0, 0.1) is 0 Å². The summed E-state index contributed by atoms with van der Waals surface area (Å²) in [5, 5.41) is 9.89. The van der Waals surface area contributed by atoms with Gasteiger partial charge in [-0.25, -0.2) is 0 Å². The first-order chi connectivity index (χ1) is 32.1. The minimum atomic E-state index is 0.954. The third-order valence-corrected chi connectivity index (χ3v) is 14.3. The molecule has 312 valence electrons. The normalized spacial score (nSPS) is 12.1. The minimum absolute atomic E-state index is 0.954. The van der Waals surface area contributed by atoms with Gasteiger partial charge in [-0.05, 0) is 130 Å². The molecule has 0 aliphatic rings. The third kappa shape index (κ3) is 6.79. The highest BCUT2D eigenvalue weighted by Gasteiger charge is 2.21. The summed E-state index contributed by atoms with van der Waals surface area (Å²) in [5.74, 6) is 0. The van der Waals surface area contributed by atoms with Crippen LogP contribution in [0.25, 0.3) is 88.7 Å². The molecule has 11 rings (SSSR count). The molecule has 0 atom stereocenters. The van der Waals surface area contributed by atoms with Gasteiger partial charge >= 0.3 is 0 Å². The van der Waals surface area contributed by atoms with E-state index in [0.717, 1.165) is 23.5 Å². The Bertz CT molecular complexity index is 3670. The smallest absolute Gasteiger partial charge is 0.0546 e. The van der Waals surface area contributed by atoms with Crippen molar-refractivity contribution in [1.29, 1.82) is 0 Å². The highest BCUT2D eigenvalue weighted by Crippen LogP contribution is 2.45. The van der Waals surface area contributed by atoms with E-state index in [-0.39, 0.29) is 0 Å². The van der Waals surface area contributed by atoms with Gasteiger partial charge in [-0.3, -0.25) is 0 Å². The lowest BCUT2D eigenvalue weighted by molar-refractivity contribution is 1.14. The number of nitrogens with zero attached hydrogens (tertiary/aromatic N) is 2. The van der Waals surface area contributed by atoms with E-state index in [9.17, 15) is 0 Å². The van der Waals surface area contributed by atoms with Gasteiger partial charge in [0.25, 0.3) is 0 Å². The number of fused-ring (bicyclic) bond motifs is 7. The Balaban J connectivity index is 1.03. The molecule has 0 N–H and O–H groups in total. The van der Waals surface area contributed by atoms with Gasteiger partial charge in [0.2, 0.25) is 0 Å². The maximum Gasteiger partial charge on any atom is 0.0546 e. The van der Waals surface area contributed by atoms with Crippen molar-refractivity contribution in [2.24, 2.45) is 0 Å². The maximum absolute atomic E-state index is 4.17. The molecule has 0 spiro atoms. The van der Waals surface area contributed by atoms with Crippen molar-refractivity contribution in [1.82, 2.24) is 4.57 Å². The first kappa shape index (κ1) is 40.1. The number of rotatable bonds is 10. The van der Waals surface area contributed by atoms with E-state index in [2.05, 4.69) is 243 Å². The fourth-order valence-electron chi connectivity index (χ4n) is 10.1. The molecule has 2 heterocycles. The quantitative estimate of drug-likeness (QED) is 0.124. The van der Waals surface area contributed by atoms with Crippen LogP contribution in [0.5, 0.6) is 0 Å². The number of allylic oxidation sites excluding steroid dienone is 2. The second-order valence-electron chi connectivity index (χ2n) is 16.6. The predicted molar refractivity (Wildman–Crippen MR) is 285 cm³/mol. The maximum atomic E-state index is 4.17. The Morgan fingerprint density at radius 1 is 0.569 bits per heavy atom. The molecule has 0 fully saturated rings. The number of para-hydroxylation sites is 1. The molecule has 2 aromatic heterocycles. The van der Waals surface area contributed by atoms with E-state index in [1.54, 1.807) is 0 Å². The fourth-order valence-corrected chi connectivity index (χ4v) is 11.4. The second kappa shape index (κ2) is 16.8. The molecule has 0 aliphatic heterocycles. The zero-order chi connectivity index (χ0) is 44.0. The number of anilines is 3. The lowest BCUT2D eigenvalue weighted by Gasteiger charge is -2.28. The van der Waals surface area contributed by atoms with Crippen LogP contribution in [0.2, 0.25) is 0 Å². The standard InChI is InChI=1S/C62H48N2S/c1-5-18-55-49(7-3)62(65-61(55)8-4)48(6-2)43-31-36-47(37-32-43)63(60-40-45-20-10-11-22-50(45)52-24-13-14-25-53(52)60)46-34-29-41(30-35-46)44-33-38-59-56(39-44)54-26-15-16-27-58(54)64(59)57-28-17-21-42-19-9-12-23-51(42)57/h5-6,8-40H,4,7H2,1-3H3/b18-5-,48-6-. The Hall–Kier alpha value is -7.72. The SMILES string of the molecule is C=Cc1sc(/C(=C\C)c2ccc(N(c3ccc(-c4ccc5c(c4)c4ccccc4n5-c4cccc5ccccc45)cc3)c3cc4ccccc4c4ccccc34)cc2)c(CC)c1/C=C\C. The highest BCUT2D eigenvalue weighted by atomic mass is 32.1. The Labute approximate surface area is 385 Å². The molecule has 11 aromatic rings. The molecule has 2 nitrogen and oxygen atoms in total. The largest absolute Gasteiger partial charge is 0.310 e. The van der Waals surface area contributed by atoms with Crippen LogP contribution < -0.4 is 4.90 Å². The number of hydrogen-bond acceptors (Lipinski definition) is 2. The van der Waals surface area contributed by atoms with Crippen molar-refractivity contribution >= 4 is 100 Å². The van der Waals surface area contributed by atoms with Crippen LogP contribution in [-0.2, 0) is 6.42 Å². The molecular weight excluding hydrogens is 805 g/mol. The summed E-state index contributed by atoms with van der Waals surface area (Å²) < 4.78 is 2.43. The molecule has 3 heteroatoms. The van der Waals surface area contributed by atoms with Crippen LogP contribution in [0.1, 0.15) is 47.2 Å². The molecule has 0 saturated carbocycles. The molecule has 9 aromatic carbocycles. The van der Waals surface area contributed by atoms with Crippen LogP contribution in [-0.4, -0.2) is 4.57 Å². The lowest BCUT2D eigenvalue weighted by Crippen LogP contribution is -2.10. The van der Waals surface area contributed by atoms with E-state index in [1.807, 2.05) is 17.4 Å². The van der Waals surface area contributed by atoms with Crippen LogP contribution in [0.15, 0.2) is 207 Å². The van der Waals surface area contributed by atoms with E-state index < -0.39 is 0 Å². The summed E-state index contributed by atoms with van der Waals surface area (Å²) >= 11 is 1.84. The van der Waals surface area contributed by atoms with Crippen LogP contribution >= 0.6 is 11.3 Å². The predicted octanol–water partition coefficient (Wildman–Crippen LogP) is 18.1.